The van der Waals surface area contributed by atoms with Gasteiger partial charge in [-0.2, -0.15) is 0 Å². The molecule has 2 aromatic carbocycles. The second-order valence-corrected chi connectivity index (χ2v) is 6.45. The summed E-state index contributed by atoms with van der Waals surface area (Å²) in [4.78, 5) is 2.12. The molecule has 2 aromatic heterocycles. The Balaban J connectivity index is 1.52. The van der Waals surface area contributed by atoms with Crippen LogP contribution >= 0.6 is 0 Å². The zero-order chi connectivity index (χ0) is 17.8. The second-order valence-electron chi connectivity index (χ2n) is 6.45. The predicted molar refractivity (Wildman–Crippen MR) is 100 cm³/mol. The Hall–Kier alpha value is -2.82. The van der Waals surface area contributed by atoms with Crippen LogP contribution in [0.4, 0.5) is 0 Å². The van der Waals surface area contributed by atoms with Gasteiger partial charge in [0.2, 0.25) is 0 Å². The minimum absolute atomic E-state index is 0.486. The summed E-state index contributed by atoms with van der Waals surface area (Å²) in [5, 5.41) is 13.1. The molecule has 0 radical (unpaired) electrons. The van der Waals surface area contributed by atoms with Crippen molar-refractivity contribution in [3.8, 4) is 0 Å². The predicted octanol–water partition coefficient (Wildman–Crippen LogP) is 4.76. The number of aliphatic hydroxyl groups excluding tert-OH is 1. The van der Waals surface area contributed by atoms with Crippen molar-refractivity contribution in [3.05, 3.63) is 96.3 Å². The Morgan fingerprint density at radius 3 is 2.04 bits per heavy atom. The van der Waals surface area contributed by atoms with E-state index in [1.54, 1.807) is 12.5 Å². The first kappa shape index (κ1) is 16.6. The molecule has 0 fully saturated rings. The summed E-state index contributed by atoms with van der Waals surface area (Å²) in [6.45, 7) is 1.70. The maximum atomic E-state index is 10.8. The molecule has 2 heterocycles. The summed E-state index contributed by atoms with van der Waals surface area (Å²) in [6.07, 6.45) is 2.74. The van der Waals surface area contributed by atoms with Crippen molar-refractivity contribution in [2.45, 2.75) is 19.2 Å². The van der Waals surface area contributed by atoms with Gasteiger partial charge in [-0.1, -0.05) is 36.4 Å². The SMILES string of the molecule is OC(CN(Cc1ccco1)Cc1ccco1)c1ccc2ccccc2c1. The molecule has 4 nitrogen and oxygen atoms in total. The van der Waals surface area contributed by atoms with Crippen LogP contribution in [0.1, 0.15) is 23.2 Å². The topological polar surface area (TPSA) is 49.8 Å². The van der Waals surface area contributed by atoms with Gasteiger partial charge in [0.05, 0.1) is 31.7 Å². The lowest BCUT2D eigenvalue weighted by Gasteiger charge is -2.23. The third-order valence-corrected chi connectivity index (χ3v) is 4.51. The molecule has 26 heavy (non-hydrogen) atoms. The fraction of sp³-hybridized carbons (Fsp3) is 0.182. The van der Waals surface area contributed by atoms with E-state index in [0.29, 0.717) is 19.6 Å². The van der Waals surface area contributed by atoms with Gasteiger partial charge >= 0.3 is 0 Å². The first-order valence-corrected chi connectivity index (χ1v) is 8.72. The van der Waals surface area contributed by atoms with Gasteiger partial charge in [0.15, 0.2) is 0 Å². The van der Waals surface area contributed by atoms with Crippen molar-refractivity contribution in [2.75, 3.05) is 6.54 Å². The Morgan fingerprint density at radius 2 is 1.42 bits per heavy atom. The first-order chi connectivity index (χ1) is 12.8. The lowest BCUT2D eigenvalue weighted by Crippen LogP contribution is -2.27. The third-order valence-electron chi connectivity index (χ3n) is 4.51. The highest BCUT2D eigenvalue weighted by molar-refractivity contribution is 5.83. The van der Waals surface area contributed by atoms with E-state index in [1.807, 2.05) is 42.5 Å². The van der Waals surface area contributed by atoms with E-state index in [1.165, 1.54) is 5.39 Å². The van der Waals surface area contributed by atoms with Gasteiger partial charge in [0.1, 0.15) is 11.5 Å². The normalized spacial score (nSPS) is 12.7. The molecular formula is C22H21NO3. The molecule has 0 amide bonds. The van der Waals surface area contributed by atoms with E-state index in [0.717, 1.165) is 22.5 Å². The molecule has 0 aliphatic rings. The average molecular weight is 347 g/mol. The number of hydrogen-bond acceptors (Lipinski definition) is 4. The minimum Gasteiger partial charge on any atom is -0.468 e. The van der Waals surface area contributed by atoms with E-state index in [-0.39, 0.29) is 0 Å². The summed E-state index contributed by atoms with van der Waals surface area (Å²) >= 11 is 0. The molecule has 1 unspecified atom stereocenters. The quantitative estimate of drug-likeness (QED) is 0.523. The maximum Gasteiger partial charge on any atom is 0.117 e. The fourth-order valence-corrected chi connectivity index (χ4v) is 3.20. The summed E-state index contributed by atoms with van der Waals surface area (Å²) in [7, 11) is 0. The van der Waals surface area contributed by atoms with Gasteiger partial charge in [-0.25, -0.2) is 0 Å². The molecule has 0 saturated carbocycles. The van der Waals surface area contributed by atoms with Crippen LogP contribution in [0.15, 0.2) is 88.1 Å². The van der Waals surface area contributed by atoms with Crippen LogP contribution in [0.25, 0.3) is 10.8 Å². The number of benzene rings is 2. The monoisotopic (exact) mass is 347 g/mol. The van der Waals surface area contributed by atoms with Crippen LogP contribution in [0.2, 0.25) is 0 Å². The van der Waals surface area contributed by atoms with E-state index in [4.69, 9.17) is 8.83 Å². The Labute approximate surface area is 152 Å². The van der Waals surface area contributed by atoms with Gasteiger partial charge < -0.3 is 13.9 Å². The summed E-state index contributed by atoms with van der Waals surface area (Å²) in [5.41, 5.74) is 0.910. The van der Waals surface area contributed by atoms with Gasteiger partial charge in [0.25, 0.3) is 0 Å². The maximum absolute atomic E-state index is 10.8. The molecule has 0 bridgehead atoms. The van der Waals surface area contributed by atoms with Crippen LogP contribution < -0.4 is 0 Å². The van der Waals surface area contributed by atoms with Crippen LogP contribution in [0, 0.1) is 0 Å². The van der Waals surface area contributed by atoms with Crippen molar-refractivity contribution in [2.24, 2.45) is 0 Å². The van der Waals surface area contributed by atoms with Crippen molar-refractivity contribution in [1.29, 1.82) is 0 Å². The lowest BCUT2D eigenvalue weighted by atomic mass is 10.0. The number of nitrogens with zero attached hydrogens (tertiary/aromatic N) is 1. The van der Waals surface area contributed by atoms with Crippen LogP contribution in [0.3, 0.4) is 0 Å². The lowest BCUT2D eigenvalue weighted by molar-refractivity contribution is 0.0962. The van der Waals surface area contributed by atoms with E-state index in [9.17, 15) is 5.11 Å². The van der Waals surface area contributed by atoms with Gasteiger partial charge in [-0.05, 0) is 46.7 Å². The van der Waals surface area contributed by atoms with Crippen molar-refractivity contribution in [3.63, 3.8) is 0 Å². The number of fused-ring (bicyclic) bond motifs is 1. The summed E-state index contributed by atoms with van der Waals surface area (Å²) in [5.74, 6) is 1.73. The first-order valence-electron chi connectivity index (χ1n) is 8.72. The molecule has 4 heteroatoms. The highest BCUT2D eigenvalue weighted by atomic mass is 16.3. The highest BCUT2D eigenvalue weighted by Crippen LogP contribution is 2.22. The van der Waals surface area contributed by atoms with Crippen molar-refractivity contribution in [1.82, 2.24) is 4.90 Å². The Morgan fingerprint density at radius 1 is 0.769 bits per heavy atom. The molecule has 0 aliphatic heterocycles. The van der Waals surface area contributed by atoms with E-state index >= 15 is 0 Å². The van der Waals surface area contributed by atoms with Crippen LogP contribution in [-0.4, -0.2) is 16.6 Å². The van der Waals surface area contributed by atoms with Crippen LogP contribution in [-0.2, 0) is 13.1 Å². The van der Waals surface area contributed by atoms with Crippen molar-refractivity contribution < 1.29 is 13.9 Å². The molecule has 4 aromatic rings. The summed E-state index contributed by atoms with van der Waals surface area (Å²) < 4.78 is 10.9. The number of furan rings is 2. The Bertz CT molecular complexity index is 908. The molecular weight excluding hydrogens is 326 g/mol. The minimum atomic E-state index is -0.593. The largest absolute Gasteiger partial charge is 0.468 e. The standard InChI is InChI=1S/C22H21NO3/c24-22(19-10-9-17-5-1-2-6-18(17)13-19)16-23(14-20-7-3-11-25-20)15-21-8-4-12-26-21/h1-13,22,24H,14-16H2. The molecule has 4 rings (SSSR count). The van der Waals surface area contributed by atoms with Crippen molar-refractivity contribution >= 4 is 10.8 Å². The highest BCUT2D eigenvalue weighted by Gasteiger charge is 2.17. The van der Waals surface area contributed by atoms with E-state index in [2.05, 4.69) is 29.2 Å². The third kappa shape index (κ3) is 3.87. The Kier molecular flexibility index (Phi) is 4.86. The zero-order valence-electron chi connectivity index (χ0n) is 14.4. The van der Waals surface area contributed by atoms with Gasteiger partial charge in [-0.3, -0.25) is 4.90 Å². The number of aliphatic hydroxyl groups is 1. The molecule has 0 saturated heterocycles. The smallest absolute Gasteiger partial charge is 0.117 e. The average Bonchev–Trinajstić information content (AvgIpc) is 3.35. The van der Waals surface area contributed by atoms with E-state index < -0.39 is 6.10 Å². The van der Waals surface area contributed by atoms with Crippen LogP contribution in [0.5, 0.6) is 0 Å². The molecule has 1 N–H and O–H groups in total. The molecule has 1 atom stereocenters. The second kappa shape index (κ2) is 7.60. The number of rotatable bonds is 7. The molecule has 132 valence electrons. The number of hydrogen-bond donors (Lipinski definition) is 1. The molecule has 0 aliphatic carbocycles. The fourth-order valence-electron chi connectivity index (χ4n) is 3.20. The van der Waals surface area contributed by atoms with Gasteiger partial charge in [-0.15, -0.1) is 0 Å². The van der Waals surface area contributed by atoms with Gasteiger partial charge in [0, 0.05) is 6.54 Å². The molecule has 0 spiro atoms. The zero-order valence-corrected chi connectivity index (χ0v) is 14.4. The summed E-state index contributed by atoms with van der Waals surface area (Å²) in [6, 6.07) is 21.9.